The van der Waals surface area contributed by atoms with Gasteiger partial charge < -0.3 is 48.2 Å². The Bertz CT molecular complexity index is 2200. The third kappa shape index (κ3) is 10.8. The lowest BCUT2D eigenvalue weighted by Crippen LogP contribution is -2.70. The van der Waals surface area contributed by atoms with Crippen LogP contribution in [0.5, 0.6) is 23.0 Å². The van der Waals surface area contributed by atoms with Crippen LogP contribution >= 0.6 is 0 Å². The second-order valence-electron chi connectivity index (χ2n) is 17.0. The highest BCUT2D eigenvalue weighted by Gasteiger charge is 2.65. The van der Waals surface area contributed by atoms with E-state index in [2.05, 4.69) is 18.0 Å². The molecule has 3 N–H and O–H groups in total. The SMILES string of the molecule is C=CCO[C@@]12Oc3ccc(OC(=O)Nc4ccc(OC)cc4OC)cc3[C@H]3[C@H](CCCCO)[C@@H](CCCCO)C=C(C(=NOC4CCCCO4)C[C@@H]1N(Cc1ccc(F)cc1)C(=O)OC)[C@H]32. The molecule has 2 heterocycles. The first-order chi connectivity index (χ1) is 32.2. The number of carbonyl (C=O) groups is 2. The first kappa shape index (κ1) is 48.3. The first-order valence-corrected chi connectivity index (χ1v) is 22.8. The molecule has 1 saturated carbocycles. The van der Waals surface area contributed by atoms with Crippen LogP contribution in [0.1, 0.15) is 81.3 Å². The summed E-state index contributed by atoms with van der Waals surface area (Å²) in [6.07, 6.45) is 8.54. The number of oxime groups is 1. The van der Waals surface area contributed by atoms with E-state index in [1.165, 1.54) is 33.5 Å². The van der Waals surface area contributed by atoms with E-state index in [0.717, 1.165) is 36.8 Å². The van der Waals surface area contributed by atoms with Crippen LogP contribution in [0.25, 0.3) is 0 Å². The van der Waals surface area contributed by atoms with Crippen molar-refractivity contribution in [3.05, 3.63) is 102 Å². The van der Waals surface area contributed by atoms with Crippen molar-refractivity contribution in [1.82, 2.24) is 4.90 Å². The summed E-state index contributed by atoms with van der Waals surface area (Å²) in [5.41, 5.74) is 3.15. The Kier molecular flexibility index (Phi) is 16.6. The van der Waals surface area contributed by atoms with Gasteiger partial charge in [0.2, 0.25) is 12.1 Å². The molecule has 16 heteroatoms. The minimum atomic E-state index is -1.60. The number of aliphatic hydroxyl groups is 2. The molecule has 7 atom stereocenters. The van der Waals surface area contributed by atoms with Gasteiger partial charge >= 0.3 is 12.2 Å². The highest BCUT2D eigenvalue weighted by molar-refractivity contribution is 6.03. The van der Waals surface area contributed by atoms with E-state index < -0.39 is 48.0 Å². The number of hydrogen-bond donors (Lipinski definition) is 3. The molecule has 15 nitrogen and oxygen atoms in total. The molecule has 2 aliphatic carbocycles. The normalized spacial score (nSPS) is 24.7. The van der Waals surface area contributed by atoms with E-state index in [-0.39, 0.29) is 50.4 Å². The third-order valence-electron chi connectivity index (χ3n) is 13.0. The van der Waals surface area contributed by atoms with Crippen LogP contribution in [0.3, 0.4) is 0 Å². The Morgan fingerprint density at radius 1 is 0.970 bits per heavy atom. The molecule has 2 fully saturated rings. The molecule has 356 valence electrons. The fourth-order valence-corrected chi connectivity index (χ4v) is 9.98. The number of ether oxygens (including phenoxy) is 7. The molecule has 2 aliphatic heterocycles. The summed E-state index contributed by atoms with van der Waals surface area (Å²) in [5.74, 6) is -1.59. The van der Waals surface area contributed by atoms with Gasteiger partial charge in [0.05, 0.1) is 51.9 Å². The number of nitrogens with zero attached hydrogens (tertiary/aromatic N) is 2. The number of rotatable bonds is 20. The molecule has 0 aromatic heterocycles. The molecule has 3 aromatic rings. The van der Waals surface area contributed by atoms with Gasteiger partial charge in [0, 0.05) is 50.1 Å². The summed E-state index contributed by atoms with van der Waals surface area (Å²) in [6.45, 7) is 4.65. The predicted molar refractivity (Wildman–Crippen MR) is 243 cm³/mol. The standard InChI is InChI=1S/C50H62FN3O12/c1-5-25-63-50-44(54(49(58)61-4)31-32-15-17-34(51)18-16-32)30-41(53-66-45-14-8-11-26-62-45)38-27-33(12-6-9-23-55)37(13-7-10-24-56)46(47(38)50)39-28-36(20-22-42(39)65-50)64-48(57)52-40-21-19-35(59-2)29-43(40)60-3/h5,15-22,27-29,33,37,44-47,55-56H,1,6-14,23-26,30-31H2,2-4H3,(H,52,57)/t33-,37+,44-,45?,46+,47+,50+/m0/s1. The van der Waals surface area contributed by atoms with Crippen LogP contribution in [0.2, 0.25) is 0 Å². The number of fused-ring (bicyclic) bond motifs is 2. The molecular formula is C50H62FN3O12. The number of anilines is 1. The van der Waals surface area contributed by atoms with E-state index in [1.807, 2.05) is 6.07 Å². The van der Waals surface area contributed by atoms with Gasteiger partial charge in [0.25, 0.3) is 0 Å². The summed E-state index contributed by atoms with van der Waals surface area (Å²) < 4.78 is 56.8. The number of hydrogen-bond acceptors (Lipinski definition) is 13. The molecule has 0 bridgehead atoms. The number of carbonyl (C=O) groups excluding carboxylic acids is 2. The molecule has 7 rings (SSSR count). The fraction of sp³-hybridized carbons (Fsp3) is 0.500. The monoisotopic (exact) mass is 915 g/mol. The second-order valence-corrected chi connectivity index (χ2v) is 17.0. The maximum atomic E-state index is 14.2. The van der Waals surface area contributed by atoms with Gasteiger partial charge in [-0.1, -0.05) is 42.3 Å². The quantitative estimate of drug-likeness (QED) is 0.0559. The van der Waals surface area contributed by atoms with Crippen molar-refractivity contribution >= 4 is 23.6 Å². The van der Waals surface area contributed by atoms with Gasteiger partial charge in [-0.25, -0.2) is 14.0 Å². The van der Waals surface area contributed by atoms with Crippen molar-refractivity contribution in [2.75, 3.05) is 53.1 Å². The Morgan fingerprint density at radius 3 is 2.44 bits per heavy atom. The van der Waals surface area contributed by atoms with E-state index in [0.29, 0.717) is 72.9 Å². The molecule has 1 saturated heterocycles. The highest BCUT2D eigenvalue weighted by atomic mass is 19.1. The molecule has 1 unspecified atom stereocenters. The summed E-state index contributed by atoms with van der Waals surface area (Å²) in [4.78, 5) is 35.6. The van der Waals surface area contributed by atoms with Gasteiger partial charge in [0.15, 0.2) is 0 Å². The van der Waals surface area contributed by atoms with Crippen molar-refractivity contribution in [2.45, 2.75) is 94.8 Å². The van der Waals surface area contributed by atoms with E-state index in [1.54, 1.807) is 53.4 Å². The highest BCUT2D eigenvalue weighted by Crippen LogP contribution is 2.62. The molecule has 4 aliphatic rings. The van der Waals surface area contributed by atoms with Crippen LogP contribution in [0, 0.1) is 23.6 Å². The number of aliphatic hydroxyl groups excluding tert-OH is 2. The Morgan fingerprint density at radius 2 is 1.74 bits per heavy atom. The number of nitrogens with one attached hydrogen (secondary N) is 1. The molecular weight excluding hydrogens is 854 g/mol. The zero-order chi connectivity index (χ0) is 46.6. The number of methoxy groups -OCH3 is 3. The van der Waals surface area contributed by atoms with E-state index >= 15 is 0 Å². The molecule has 66 heavy (non-hydrogen) atoms. The van der Waals surface area contributed by atoms with Crippen molar-refractivity contribution < 1.29 is 62.2 Å². The van der Waals surface area contributed by atoms with Crippen molar-refractivity contribution in [1.29, 1.82) is 0 Å². The third-order valence-corrected chi connectivity index (χ3v) is 13.0. The van der Waals surface area contributed by atoms with Gasteiger partial charge in [0.1, 0.15) is 34.9 Å². The Labute approximate surface area is 385 Å². The van der Waals surface area contributed by atoms with Crippen molar-refractivity contribution in [3.63, 3.8) is 0 Å². The summed E-state index contributed by atoms with van der Waals surface area (Å²) in [6, 6.07) is 15.2. The lowest BCUT2D eigenvalue weighted by atomic mass is 9.55. The Hall–Kier alpha value is -5.68. The molecule has 0 spiro atoms. The molecule has 3 aromatic carbocycles. The van der Waals surface area contributed by atoms with Crippen LogP contribution in [0.15, 0.2) is 90.1 Å². The summed E-state index contributed by atoms with van der Waals surface area (Å²) >= 11 is 0. The van der Waals surface area contributed by atoms with Crippen LogP contribution in [-0.4, -0.2) is 98.9 Å². The second kappa shape index (κ2) is 22.7. The number of allylic oxidation sites excluding steroid dienone is 1. The van der Waals surface area contributed by atoms with E-state index in [4.69, 9.17) is 43.2 Å². The average Bonchev–Trinajstić information content (AvgIpc) is 3.34. The Balaban J connectivity index is 1.40. The van der Waals surface area contributed by atoms with E-state index in [9.17, 15) is 24.2 Å². The zero-order valence-electron chi connectivity index (χ0n) is 38.0. The predicted octanol–water partition coefficient (Wildman–Crippen LogP) is 8.88. The lowest BCUT2D eigenvalue weighted by molar-refractivity contribution is -0.256. The van der Waals surface area contributed by atoms with Crippen LogP contribution in [0.4, 0.5) is 19.7 Å². The van der Waals surface area contributed by atoms with Gasteiger partial charge in [-0.2, -0.15) is 0 Å². The van der Waals surface area contributed by atoms with Crippen molar-refractivity contribution in [3.8, 4) is 23.0 Å². The number of benzene rings is 3. The average molecular weight is 916 g/mol. The zero-order valence-corrected chi connectivity index (χ0v) is 38.0. The van der Waals surface area contributed by atoms with Gasteiger partial charge in [-0.15, -0.1) is 6.58 Å². The topological polar surface area (TPSA) is 176 Å². The number of unbranched alkanes of at least 4 members (excludes halogenated alkanes) is 2. The fourth-order valence-electron chi connectivity index (χ4n) is 9.98. The number of amides is 2. The minimum absolute atomic E-state index is 0.00786. The molecule has 0 radical (unpaired) electrons. The van der Waals surface area contributed by atoms with Crippen LogP contribution < -0.4 is 24.3 Å². The van der Waals surface area contributed by atoms with Gasteiger partial charge in [-0.3, -0.25) is 10.2 Å². The minimum Gasteiger partial charge on any atom is -0.497 e. The maximum Gasteiger partial charge on any atom is 0.417 e. The summed E-state index contributed by atoms with van der Waals surface area (Å²) in [5, 5.41) is 27.6. The van der Waals surface area contributed by atoms with Gasteiger partial charge in [-0.05, 0) is 104 Å². The largest absolute Gasteiger partial charge is 0.497 e. The smallest absolute Gasteiger partial charge is 0.417 e. The molecule has 2 amide bonds. The number of halogens is 1. The summed E-state index contributed by atoms with van der Waals surface area (Å²) in [7, 11) is 4.33. The van der Waals surface area contributed by atoms with Crippen LogP contribution in [-0.2, 0) is 25.6 Å². The lowest BCUT2D eigenvalue weighted by Gasteiger charge is -2.59. The first-order valence-electron chi connectivity index (χ1n) is 22.8. The van der Waals surface area contributed by atoms with Crippen molar-refractivity contribution in [2.24, 2.45) is 22.9 Å². The maximum absolute atomic E-state index is 14.2.